The van der Waals surface area contributed by atoms with E-state index in [2.05, 4.69) is 16.7 Å². The minimum atomic E-state index is -0.726. The summed E-state index contributed by atoms with van der Waals surface area (Å²) in [6.07, 6.45) is 5.26. The summed E-state index contributed by atoms with van der Waals surface area (Å²) in [5.41, 5.74) is 1.08. The summed E-state index contributed by atoms with van der Waals surface area (Å²) in [4.78, 5) is 16.5. The molecule has 0 unspecified atom stereocenters. The molecular formula is C25H38FIN3O2-. The second-order valence-electron chi connectivity index (χ2n) is 9.53. The average molecular weight is 559 g/mol. The summed E-state index contributed by atoms with van der Waals surface area (Å²) in [5.74, 6) is 0.464. The minimum absolute atomic E-state index is 0.0181. The van der Waals surface area contributed by atoms with E-state index in [9.17, 15) is 9.18 Å². The number of benzene rings is 1. The molecule has 1 aromatic carbocycles. The molecule has 2 fully saturated rings. The average Bonchev–Trinajstić information content (AvgIpc) is 2.75. The Hall–Kier alpha value is -1.22. The molecule has 0 amide bonds. The number of rotatable bonds is 7. The maximum atomic E-state index is 14.2. The molecule has 0 aliphatic carbocycles. The number of nitrogens with one attached hydrogen (secondary N) is 1. The Morgan fingerprint density at radius 2 is 1.91 bits per heavy atom. The van der Waals surface area contributed by atoms with Crippen molar-refractivity contribution in [1.29, 1.82) is 5.41 Å². The summed E-state index contributed by atoms with van der Waals surface area (Å²) in [5, 5.41) is 8.10. The second-order valence-corrected chi connectivity index (χ2v) is 12.7. The monoisotopic (exact) mass is 558 g/mol. The van der Waals surface area contributed by atoms with Crippen molar-refractivity contribution in [1.82, 2.24) is 9.80 Å². The van der Waals surface area contributed by atoms with Crippen molar-refractivity contribution >= 4 is 9.81 Å². The van der Waals surface area contributed by atoms with Crippen LogP contribution in [0.2, 0.25) is 0 Å². The van der Waals surface area contributed by atoms with Gasteiger partial charge >= 0.3 is 173 Å². The van der Waals surface area contributed by atoms with Gasteiger partial charge in [0.05, 0.1) is 6.10 Å². The number of hydrogen-bond donors (Lipinski definition) is 1. The van der Waals surface area contributed by atoms with Crippen molar-refractivity contribution < 1.29 is 35.1 Å². The summed E-state index contributed by atoms with van der Waals surface area (Å²) in [6, 6.07) is 5.39. The topological polar surface area (TPSA) is 56.6 Å². The van der Waals surface area contributed by atoms with E-state index in [0.717, 1.165) is 74.0 Å². The Kier molecular flexibility index (Phi) is 8.95. The zero-order chi connectivity index (χ0) is 23.3. The third-order valence-corrected chi connectivity index (χ3v) is 9.27. The molecule has 0 saturated carbocycles. The Labute approximate surface area is 202 Å². The van der Waals surface area contributed by atoms with Crippen LogP contribution < -0.4 is 21.2 Å². The van der Waals surface area contributed by atoms with E-state index in [4.69, 9.17) is 10.1 Å². The van der Waals surface area contributed by atoms with Gasteiger partial charge in [-0.05, 0) is 13.8 Å². The van der Waals surface area contributed by atoms with E-state index in [-0.39, 0.29) is 21.1 Å². The van der Waals surface area contributed by atoms with Gasteiger partial charge in [0.25, 0.3) is 0 Å². The van der Waals surface area contributed by atoms with E-state index in [1.54, 1.807) is 13.0 Å². The predicted molar refractivity (Wildman–Crippen MR) is 122 cm³/mol. The van der Waals surface area contributed by atoms with Crippen molar-refractivity contribution in [2.45, 2.75) is 71.3 Å². The summed E-state index contributed by atoms with van der Waals surface area (Å²) < 4.78 is 21.1. The molecule has 32 heavy (non-hydrogen) atoms. The molecule has 2 saturated heterocycles. The fourth-order valence-corrected chi connectivity index (χ4v) is 7.28. The maximum absolute atomic E-state index is 14.2. The second kappa shape index (κ2) is 11.3. The molecule has 0 aromatic heterocycles. The first kappa shape index (κ1) is 25.4. The van der Waals surface area contributed by atoms with Crippen molar-refractivity contribution in [2.75, 3.05) is 32.7 Å². The normalized spacial score (nSPS) is 20.0. The van der Waals surface area contributed by atoms with Crippen LogP contribution >= 0.6 is 0 Å². The van der Waals surface area contributed by atoms with Crippen LogP contribution in [0, 0.1) is 20.7 Å². The van der Waals surface area contributed by atoms with E-state index in [1.807, 2.05) is 19.9 Å². The number of nitrogens with zero attached hydrogens (tertiary/aromatic N) is 2. The van der Waals surface area contributed by atoms with Gasteiger partial charge in [0.1, 0.15) is 0 Å². The van der Waals surface area contributed by atoms with Crippen LogP contribution in [-0.2, 0) is 14.9 Å². The molecule has 0 radical (unpaired) electrons. The Morgan fingerprint density at radius 3 is 2.47 bits per heavy atom. The van der Waals surface area contributed by atoms with E-state index in [0.29, 0.717) is 11.9 Å². The van der Waals surface area contributed by atoms with Gasteiger partial charge in [-0.1, -0.05) is 0 Å². The van der Waals surface area contributed by atoms with Crippen molar-refractivity contribution in [3.8, 4) is 0 Å². The van der Waals surface area contributed by atoms with Crippen molar-refractivity contribution in [3.05, 3.63) is 33.1 Å². The van der Waals surface area contributed by atoms with Gasteiger partial charge in [-0.2, -0.15) is 0 Å². The number of piperidine rings is 2. The van der Waals surface area contributed by atoms with Gasteiger partial charge in [0, 0.05) is 0 Å². The van der Waals surface area contributed by atoms with Crippen LogP contribution in [0.3, 0.4) is 0 Å². The van der Waals surface area contributed by atoms with Crippen LogP contribution in [0.25, 0.3) is 0 Å². The number of hydrogen-bond acceptors (Lipinski definition) is 4. The number of carbonyl (C=O) groups excluding carboxylic acids is 1. The molecule has 0 spiro atoms. The van der Waals surface area contributed by atoms with Gasteiger partial charge in [-0.15, -0.1) is 0 Å². The van der Waals surface area contributed by atoms with Crippen molar-refractivity contribution in [2.24, 2.45) is 5.92 Å². The van der Waals surface area contributed by atoms with Crippen molar-refractivity contribution in [3.63, 3.8) is 0 Å². The third-order valence-electron chi connectivity index (χ3n) is 6.99. The molecular weight excluding hydrogens is 520 g/mol. The van der Waals surface area contributed by atoms with E-state index < -0.39 is 21.2 Å². The van der Waals surface area contributed by atoms with Gasteiger partial charge in [0.2, 0.25) is 0 Å². The molecule has 180 valence electrons. The quantitative estimate of drug-likeness (QED) is 0.238. The van der Waals surface area contributed by atoms with Crippen LogP contribution in [-0.4, -0.2) is 58.4 Å². The molecule has 2 aliphatic heterocycles. The molecule has 7 heteroatoms. The fraction of sp³-hybridized carbons (Fsp3) is 0.680. The fourth-order valence-electron chi connectivity index (χ4n) is 5.09. The van der Waals surface area contributed by atoms with E-state index >= 15 is 0 Å². The first-order valence-corrected chi connectivity index (χ1v) is 14.1. The standard InChI is InChI=1S/C25H38FIN3O2/c1-5-25(22-16-21(26)6-7-23(22)27-19(4)31)10-14-29(15-11-25)17-20-8-12-30(13-9-20)24(28)32-18(2)3/h6-7,16,18,20,28H,5,8-15,17H2,1-4H3/q-1. The number of halogens is 2. The molecule has 1 N–H and O–H groups in total. The Bertz CT molecular complexity index is 800. The molecule has 0 atom stereocenters. The molecule has 2 heterocycles. The van der Waals surface area contributed by atoms with Gasteiger partial charge in [0.15, 0.2) is 0 Å². The molecule has 0 bridgehead atoms. The van der Waals surface area contributed by atoms with Gasteiger partial charge in [-0.25, -0.2) is 0 Å². The molecule has 5 nitrogen and oxygen atoms in total. The number of ether oxygens (including phenoxy) is 1. The van der Waals surface area contributed by atoms with Crippen LogP contribution in [0.5, 0.6) is 0 Å². The number of likely N-dealkylation sites (tertiary alicyclic amines) is 2. The summed E-state index contributed by atoms with van der Waals surface area (Å²) in [6.45, 7) is 12.7. The predicted octanol–water partition coefficient (Wildman–Crippen LogP) is 1.45. The number of amidine groups is 1. The number of carbonyl (C=O) groups is 1. The Balaban J connectivity index is 1.57. The van der Waals surface area contributed by atoms with E-state index in [1.165, 1.54) is 6.07 Å². The zero-order valence-electron chi connectivity index (χ0n) is 19.9. The first-order chi connectivity index (χ1) is 15.2. The molecule has 1 aromatic rings. The summed E-state index contributed by atoms with van der Waals surface area (Å²) in [7, 11) is 0. The van der Waals surface area contributed by atoms with Gasteiger partial charge < -0.3 is 4.74 Å². The van der Waals surface area contributed by atoms with Crippen LogP contribution in [0.1, 0.15) is 65.4 Å². The molecule has 3 rings (SSSR count). The molecule has 2 aliphatic rings. The van der Waals surface area contributed by atoms with Gasteiger partial charge in [-0.3, -0.25) is 5.41 Å². The first-order valence-electron chi connectivity index (χ1n) is 11.9. The van der Waals surface area contributed by atoms with Crippen LogP contribution in [0.15, 0.2) is 18.2 Å². The summed E-state index contributed by atoms with van der Waals surface area (Å²) >= 11 is -0.726. The van der Waals surface area contributed by atoms with Crippen LogP contribution in [0.4, 0.5) is 4.39 Å². The third kappa shape index (κ3) is 6.43. The zero-order valence-corrected chi connectivity index (χ0v) is 22.1. The Morgan fingerprint density at radius 1 is 1.25 bits per heavy atom. The SMILES string of the molecule is CCC1(c2cc(F)ccc2[I-]C(C)=O)CCN(CC2CCN(C(=N)OC(C)C)CC2)CC1.